The Kier molecular flexibility index (Phi) is 7.60. The van der Waals surface area contributed by atoms with Crippen molar-refractivity contribution in [2.24, 2.45) is 5.92 Å². The molecule has 1 atom stereocenters. The van der Waals surface area contributed by atoms with Crippen LogP contribution in [0.2, 0.25) is 0 Å². The van der Waals surface area contributed by atoms with Crippen molar-refractivity contribution in [2.75, 3.05) is 34.2 Å². The maximum absolute atomic E-state index is 15.3. The first-order valence-corrected chi connectivity index (χ1v) is 9.41. The zero-order valence-corrected chi connectivity index (χ0v) is 17.9. The van der Waals surface area contributed by atoms with Gasteiger partial charge in [-0.05, 0) is 39.8 Å². The normalized spacial score (nSPS) is 17.7. The van der Waals surface area contributed by atoms with Crippen LogP contribution in [0.5, 0.6) is 0 Å². The first-order chi connectivity index (χ1) is 12.7. The molecule has 1 rings (SSSR count). The van der Waals surface area contributed by atoms with E-state index in [2.05, 4.69) is 11.8 Å². The molecular weight excluding hydrogens is 365 g/mol. The number of piperidine rings is 1. The number of likely N-dealkylation sites (N-methyl/N-ethyl adjacent to an activating group) is 1. The van der Waals surface area contributed by atoms with Gasteiger partial charge in [0.2, 0.25) is 0 Å². The first kappa shape index (κ1) is 23.9. The lowest BCUT2D eigenvalue weighted by Crippen LogP contribution is -2.56. The van der Waals surface area contributed by atoms with Gasteiger partial charge >= 0.3 is 5.97 Å². The van der Waals surface area contributed by atoms with Gasteiger partial charge in [-0.1, -0.05) is 19.8 Å². The maximum Gasteiger partial charge on any atom is 0.326 e. The second-order valence-corrected chi connectivity index (χ2v) is 8.40. The molecule has 1 aliphatic rings. The highest BCUT2D eigenvalue weighted by Crippen LogP contribution is 2.30. The Labute approximate surface area is 166 Å². The molecule has 1 heterocycles. The van der Waals surface area contributed by atoms with Gasteiger partial charge in [-0.3, -0.25) is 14.5 Å². The number of amides is 2. The Morgan fingerprint density at radius 1 is 1.14 bits per heavy atom. The molecule has 0 radical (unpaired) electrons. The van der Waals surface area contributed by atoms with Crippen molar-refractivity contribution in [2.45, 2.75) is 57.8 Å². The molecule has 158 valence electrons. The molecule has 0 aromatic carbocycles. The Hall–Kier alpha value is -2.14. The maximum atomic E-state index is 15.3. The van der Waals surface area contributed by atoms with Gasteiger partial charge < -0.3 is 14.9 Å². The number of hydrogen-bond acceptors (Lipinski definition) is 4. The van der Waals surface area contributed by atoms with Crippen molar-refractivity contribution in [3.8, 4) is 11.8 Å². The van der Waals surface area contributed by atoms with Crippen LogP contribution in [0, 0.1) is 17.8 Å². The quantitative estimate of drug-likeness (QED) is 0.706. The third-order valence-electron chi connectivity index (χ3n) is 5.44. The number of hydrogen-bond donors (Lipinski definition) is 1. The summed E-state index contributed by atoms with van der Waals surface area (Å²) < 4.78 is 15.3. The van der Waals surface area contributed by atoms with Crippen LogP contribution in [0.1, 0.15) is 40.5 Å². The molecule has 0 bridgehead atoms. The zero-order chi connectivity index (χ0) is 21.9. The lowest BCUT2D eigenvalue weighted by molar-refractivity contribution is -0.159. The van der Waals surface area contributed by atoms with Crippen LogP contribution in [0.4, 0.5) is 4.39 Å². The number of carboxylic acid groups (broad SMARTS) is 1. The van der Waals surface area contributed by atoms with E-state index in [1.54, 1.807) is 13.8 Å². The fourth-order valence-electron chi connectivity index (χ4n) is 3.02. The molecule has 8 heteroatoms. The second-order valence-electron chi connectivity index (χ2n) is 8.40. The summed E-state index contributed by atoms with van der Waals surface area (Å²) in [6, 6.07) is -1.10. The van der Waals surface area contributed by atoms with Gasteiger partial charge in [-0.2, -0.15) is 0 Å². The first-order valence-electron chi connectivity index (χ1n) is 9.41. The van der Waals surface area contributed by atoms with Gasteiger partial charge in [0.05, 0.1) is 5.54 Å². The van der Waals surface area contributed by atoms with Gasteiger partial charge in [0.25, 0.3) is 11.8 Å². The summed E-state index contributed by atoms with van der Waals surface area (Å²) in [6.45, 7) is 7.23. The average Bonchev–Trinajstić information content (AvgIpc) is 2.58. The molecule has 28 heavy (non-hydrogen) atoms. The molecule has 0 unspecified atom stereocenters. The number of halogens is 1. The third kappa shape index (κ3) is 5.44. The lowest BCUT2D eigenvalue weighted by Gasteiger charge is -2.38. The molecule has 0 spiro atoms. The van der Waals surface area contributed by atoms with Crippen molar-refractivity contribution in [1.82, 2.24) is 14.7 Å². The van der Waals surface area contributed by atoms with Gasteiger partial charge in [-0.25, -0.2) is 9.18 Å². The summed E-state index contributed by atoms with van der Waals surface area (Å²) >= 11 is 0. The van der Waals surface area contributed by atoms with E-state index in [1.165, 1.54) is 11.9 Å². The Morgan fingerprint density at radius 2 is 1.64 bits per heavy atom. The predicted molar refractivity (Wildman–Crippen MR) is 104 cm³/mol. The van der Waals surface area contributed by atoms with Crippen LogP contribution in [0.15, 0.2) is 0 Å². The van der Waals surface area contributed by atoms with E-state index in [9.17, 15) is 19.5 Å². The monoisotopic (exact) mass is 397 g/mol. The largest absolute Gasteiger partial charge is 0.480 e. The van der Waals surface area contributed by atoms with Crippen LogP contribution in [-0.2, 0) is 14.4 Å². The summed E-state index contributed by atoms with van der Waals surface area (Å²) in [5.74, 6) is 2.74. The fraction of sp³-hybridized carbons (Fsp3) is 0.750. The minimum atomic E-state index is -2.18. The van der Waals surface area contributed by atoms with Gasteiger partial charge in [0, 0.05) is 33.0 Å². The van der Waals surface area contributed by atoms with E-state index in [-0.39, 0.29) is 31.8 Å². The number of nitrogens with zero attached hydrogens (tertiary/aromatic N) is 3. The molecule has 0 aliphatic carbocycles. The minimum absolute atomic E-state index is 0.0609. The smallest absolute Gasteiger partial charge is 0.326 e. The molecule has 1 aliphatic heterocycles. The summed E-state index contributed by atoms with van der Waals surface area (Å²) in [5, 5.41) is 9.34. The molecule has 1 N–H and O–H groups in total. The fourth-order valence-corrected chi connectivity index (χ4v) is 3.02. The van der Waals surface area contributed by atoms with Crippen LogP contribution >= 0.6 is 0 Å². The third-order valence-corrected chi connectivity index (χ3v) is 5.44. The highest BCUT2D eigenvalue weighted by molar-refractivity contribution is 5.94. The number of rotatable bonds is 5. The summed E-state index contributed by atoms with van der Waals surface area (Å²) in [6.07, 6.45) is -0.351. The minimum Gasteiger partial charge on any atom is -0.480 e. The molecule has 0 aromatic heterocycles. The Morgan fingerprint density at radius 3 is 2.04 bits per heavy atom. The highest BCUT2D eigenvalue weighted by atomic mass is 19.1. The standard InChI is InChI=1S/C20H32FN3O4/c1-14(2)16(17(26)27)23(7)18(28)20(21)10-12-24(13-11-20)15(25)8-9-19(3,4)22(5)6/h14,16H,10-13H2,1-7H3,(H,26,27)/t16-/m0/s1. The van der Waals surface area contributed by atoms with Crippen LogP contribution in [-0.4, -0.2) is 89.1 Å². The topological polar surface area (TPSA) is 81.2 Å². The van der Waals surface area contributed by atoms with E-state index in [4.69, 9.17) is 0 Å². The SMILES string of the molecule is CC(C)[C@@H](C(=O)O)N(C)C(=O)C1(F)CCN(C(=O)C#CC(C)(C)N(C)C)CC1. The van der Waals surface area contributed by atoms with Crippen LogP contribution in [0.3, 0.4) is 0 Å². The lowest BCUT2D eigenvalue weighted by atomic mass is 9.90. The van der Waals surface area contributed by atoms with Gasteiger partial charge in [-0.15, -0.1) is 0 Å². The molecule has 0 saturated carbocycles. The number of carboxylic acids is 1. The number of likely N-dealkylation sites (tertiary alicyclic amines) is 1. The van der Waals surface area contributed by atoms with E-state index >= 15 is 4.39 Å². The molecule has 7 nitrogen and oxygen atoms in total. The zero-order valence-electron chi connectivity index (χ0n) is 17.9. The van der Waals surface area contributed by atoms with Crippen molar-refractivity contribution in [3.05, 3.63) is 0 Å². The van der Waals surface area contributed by atoms with Crippen molar-refractivity contribution >= 4 is 17.8 Å². The molecule has 0 aromatic rings. The number of carbonyl (C=O) groups excluding carboxylic acids is 2. The summed E-state index contributed by atoms with van der Waals surface area (Å²) in [4.78, 5) is 40.7. The van der Waals surface area contributed by atoms with Gasteiger partial charge in [0.1, 0.15) is 6.04 Å². The van der Waals surface area contributed by atoms with Crippen molar-refractivity contribution < 1.29 is 23.9 Å². The number of carbonyl (C=O) groups is 3. The Balaban J connectivity index is 2.81. The summed E-state index contributed by atoms with van der Waals surface area (Å²) in [7, 11) is 5.04. The molecule has 2 amide bonds. The van der Waals surface area contributed by atoms with Crippen molar-refractivity contribution in [3.63, 3.8) is 0 Å². The van der Waals surface area contributed by atoms with E-state index in [0.29, 0.717) is 0 Å². The second kappa shape index (κ2) is 8.91. The van der Waals surface area contributed by atoms with Crippen LogP contribution in [0.25, 0.3) is 0 Å². The van der Waals surface area contributed by atoms with E-state index in [1.807, 2.05) is 32.8 Å². The molecular formula is C20H32FN3O4. The van der Waals surface area contributed by atoms with E-state index in [0.717, 1.165) is 4.90 Å². The number of aliphatic carboxylic acids is 1. The van der Waals surface area contributed by atoms with Crippen LogP contribution < -0.4 is 0 Å². The Bertz CT molecular complexity index is 671. The number of alkyl halides is 1. The molecule has 1 fully saturated rings. The van der Waals surface area contributed by atoms with E-state index < -0.39 is 35.0 Å². The average molecular weight is 397 g/mol. The van der Waals surface area contributed by atoms with Crippen molar-refractivity contribution in [1.29, 1.82) is 0 Å². The predicted octanol–water partition coefficient (Wildman–Crippen LogP) is 1.23. The summed E-state index contributed by atoms with van der Waals surface area (Å²) in [5.41, 5.74) is -2.65. The molecule has 1 saturated heterocycles. The highest BCUT2D eigenvalue weighted by Gasteiger charge is 2.46. The van der Waals surface area contributed by atoms with Gasteiger partial charge in [0.15, 0.2) is 5.67 Å².